The molecular weight excluding hydrogens is 697 g/mol. The van der Waals surface area contributed by atoms with Gasteiger partial charge in [0, 0.05) is 54.8 Å². The lowest BCUT2D eigenvalue weighted by Gasteiger charge is -2.12. The highest BCUT2D eigenvalue weighted by molar-refractivity contribution is 6.19. The molecule has 266 valence electrons. The van der Waals surface area contributed by atoms with E-state index in [4.69, 9.17) is 20.4 Å². The maximum absolute atomic E-state index is 10.4. The lowest BCUT2D eigenvalue weighted by Crippen LogP contribution is -2.06. The van der Waals surface area contributed by atoms with Crippen LogP contribution in [0.2, 0.25) is 0 Å². The quantitative estimate of drug-likeness (QED) is 0.177. The Labute approximate surface area is 341 Å². The van der Waals surface area contributed by atoms with Crippen molar-refractivity contribution in [3.63, 3.8) is 0 Å². The lowest BCUT2D eigenvalue weighted by molar-refractivity contribution is 0.953. The van der Waals surface area contributed by atoms with Crippen LogP contribution in [-0.2, 0) is 0 Å². The average molecular weight is 739 g/mol. The van der Waals surface area contributed by atoms with Crippen molar-refractivity contribution in [2.45, 2.75) is 0 Å². The highest BCUT2D eigenvalue weighted by Crippen LogP contribution is 2.41. The number of hydrogen-bond donors (Lipinski definition) is 0. The summed E-state index contributed by atoms with van der Waals surface area (Å²) in [6.45, 7) is 0. The Morgan fingerprint density at radius 1 is 0.351 bits per heavy atom. The zero-order valence-electron chi connectivity index (χ0n) is 39.9. The maximum atomic E-state index is 10.4. The number of fused-ring (bicyclic) bond motifs is 9. The predicted octanol–water partition coefficient (Wildman–Crippen LogP) is 12.5. The summed E-state index contributed by atoms with van der Waals surface area (Å²) in [5.74, 6) is 0.420. The van der Waals surface area contributed by atoms with Gasteiger partial charge in [0.1, 0.15) is 0 Å². The standard InChI is InChI=1S/C51H32N6/c1-4-16-33(17-5-1)49-52-50(34-18-6-2-7-19-34)54-51(53-49)57-45-27-15-12-24-39(45)42-31-41-38-23-11-14-26-44(38)56(47(41)32-48(42)57)36-28-29-40-37-22-10-13-25-43(37)55(46(40)30-36)35-20-8-3-9-21-35/h1-32H/i11D,12D,14D,15D,23D,24D,26D,27D,31D,32D. The predicted molar refractivity (Wildman–Crippen MR) is 234 cm³/mol. The molecule has 0 aliphatic rings. The molecule has 12 rings (SSSR count). The summed E-state index contributed by atoms with van der Waals surface area (Å²) in [6.07, 6.45) is 0. The lowest BCUT2D eigenvalue weighted by atomic mass is 10.1. The van der Waals surface area contributed by atoms with Crippen LogP contribution in [-0.4, -0.2) is 28.7 Å². The van der Waals surface area contributed by atoms with Crippen LogP contribution in [0.25, 0.3) is 106 Å². The molecule has 12 aromatic rings. The smallest absolute Gasteiger partial charge is 0.238 e. The molecule has 0 radical (unpaired) electrons. The largest absolute Gasteiger partial charge is 0.309 e. The Kier molecular flexibility index (Phi) is 5.02. The first-order chi connectivity index (χ1) is 32.5. The van der Waals surface area contributed by atoms with Gasteiger partial charge in [-0.3, -0.25) is 4.57 Å². The van der Waals surface area contributed by atoms with Gasteiger partial charge in [-0.05, 0) is 54.5 Å². The fourth-order valence-electron chi connectivity index (χ4n) is 8.02. The van der Waals surface area contributed by atoms with Gasteiger partial charge in [0.05, 0.1) is 46.8 Å². The first-order valence-electron chi connectivity index (χ1n) is 23.4. The SMILES string of the molecule is [2H]c1c([2H])c([2H])c2c(c1[2H])c1c([2H])c3c4c([2H])c([2H])c([2H])c([2H])c4n(-c4nc(-c5ccccc5)nc(-c5ccccc5)n4)c3c([2H])c1n2-c1ccc2c3ccccc3n(-c3ccccc3)c2c1. The van der Waals surface area contributed by atoms with Crippen molar-refractivity contribution in [2.24, 2.45) is 0 Å². The van der Waals surface area contributed by atoms with Crippen molar-refractivity contribution < 1.29 is 13.7 Å². The second-order valence-electron chi connectivity index (χ2n) is 13.7. The second-order valence-corrected chi connectivity index (χ2v) is 13.7. The summed E-state index contributed by atoms with van der Waals surface area (Å²) >= 11 is 0. The Morgan fingerprint density at radius 2 is 0.877 bits per heavy atom. The van der Waals surface area contributed by atoms with Crippen LogP contribution >= 0.6 is 0 Å². The molecule has 4 aromatic heterocycles. The van der Waals surface area contributed by atoms with Crippen LogP contribution in [0.1, 0.15) is 13.7 Å². The molecule has 6 heteroatoms. The van der Waals surface area contributed by atoms with E-state index < -0.39 is 42.3 Å². The normalized spacial score (nSPS) is 14.3. The molecule has 0 bridgehead atoms. The van der Waals surface area contributed by atoms with Gasteiger partial charge < -0.3 is 9.13 Å². The average Bonchev–Trinajstić information content (AvgIpc) is 4.04. The minimum Gasteiger partial charge on any atom is -0.309 e. The molecule has 6 nitrogen and oxygen atoms in total. The van der Waals surface area contributed by atoms with E-state index in [1.165, 1.54) is 4.57 Å². The van der Waals surface area contributed by atoms with Gasteiger partial charge in [0.2, 0.25) is 5.95 Å². The molecule has 0 atom stereocenters. The van der Waals surface area contributed by atoms with E-state index in [0.29, 0.717) is 16.8 Å². The van der Waals surface area contributed by atoms with E-state index in [2.05, 4.69) is 4.57 Å². The zero-order chi connectivity index (χ0) is 46.2. The molecule has 0 aliphatic carbocycles. The summed E-state index contributed by atoms with van der Waals surface area (Å²) < 4.78 is 98.6. The number of aromatic nitrogens is 6. The first kappa shape index (κ1) is 23.2. The van der Waals surface area contributed by atoms with Crippen LogP contribution in [0.4, 0.5) is 0 Å². The van der Waals surface area contributed by atoms with Crippen molar-refractivity contribution in [2.75, 3.05) is 0 Å². The molecule has 4 heterocycles. The Hall–Kier alpha value is -7.83. The summed E-state index contributed by atoms with van der Waals surface area (Å²) in [5, 5.41) is 1.81. The third kappa shape index (κ3) is 4.81. The minimum absolute atomic E-state index is 0.00951. The molecule has 8 aromatic carbocycles. The van der Waals surface area contributed by atoms with Gasteiger partial charge in [-0.1, -0.05) is 139 Å². The van der Waals surface area contributed by atoms with Gasteiger partial charge in [-0.25, -0.2) is 4.98 Å². The number of hydrogen-bond acceptors (Lipinski definition) is 3. The molecule has 0 fully saturated rings. The molecule has 0 amide bonds. The number of nitrogens with zero attached hydrogens (tertiary/aromatic N) is 6. The van der Waals surface area contributed by atoms with Crippen LogP contribution in [0.5, 0.6) is 0 Å². The van der Waals surface area contributed by atoms with E-state index in [-0.39, 0.29) is 79.3 Å². The molecule has 0 unspecified atom stereocenters. The summed E-state index contributed by atoms with van der Waals surface area (Å²) in [4.78, 5) is 14.7. The van der Waals surface area contributed by atoms with E-state index in [0.717, 1.165) is 27.5 Å². The van der Waals surface area contributed by atoms with Crippen LogP contribution in [0.3, 0.4) is 0 Å². The molecule has 0 saturated carbocycles. The highest BCUT2D eigenvalue weighted by Gasteiger charge is 2.22. The zero-order valence-corrected chi connectivity index (χ0v) is 29.9. The van der Waals surface area contributed by atoms with E-state index in [1.54, 1.807) is 4.57 Å². The first-order valence-corrected chi connectivity index (χ1v) is 18.4. The van der Waals surface area contributed by atoms with Gasteiger partial charge in [-0.2, -0.15) is 9.97 Å². The Balaban J connectivity index is 1.30. The highest BCUT2D eigenvalue weighted by atomic mass is 15.2. The van der Waals surface area contributed by atoms with Gasteiger partial charge >= 0.3 is 0 Å². The molecule has 0 N–H and O–H groups in total. The van der Waals surface area contributed by atoms with Crippen molar-refractivity contribution >= 4 is 65.4 Å². The van der Waals surface area contributed by atoms with E-state index in [9.17, 15) is 8.22 Å². The fraction of sp³-hybridized carbons (Fsp3) is 0. The van der Waals surface area contributed by atoms with Gasteiger partial charge in [-0.15, -0.1) is 0 Å². The Bertz CT molecular complexity index is 4040. The van der Waals surface area contributed by atoms with Crippen molar-refractivity contribution in [3.05, 3.63) is 194 Å². The summed E-state index contributed by atoms with van der Waals surface area (Å²) in [6, 6.07) is 37.5. The van der Waals surface area contributed by atoms with Gasteiger partial charge in [0.15, 0.2) is 11.6 Å². The van der Waals surface area contributed by atoms with Crippen LogP contribution in [0, 0.1) is 0 Å². The topological polar surface area (TPSA) is 53.5 Å². The third-order valence-electron chi connectivity index (χ3n) is 10.5. The minimum atomic E-state index is -0.556. The fourth-order valence-corrected chi connectivity index (χ4v) is 8.02. The molecule has 0 spiro atoms. The van der Waals surface area contributed by atoms with Gasteiger partial charge in [0.25, 0.3) is 0 Å². The van der Waals surface area contributed by atoms with E-state index in [1.807, 2.05) is 133 Å². The van der Waals surface area contributed by atoms with Crippen molar-refractivity contribution in [1.82, 2.24) is 28.7 Å². The molecular formula is C51H32N6. The number of para-hydroxylation sites is 4. The van der Waals surface area contributed by atoms with E-state index >= 15 is 0 Å². The number of benzene rings is 8. The third-order valence-corrected chi connectivity index (χ3v) is 10.5. The number of rotatable bonds is 5. The van der Waals surface area contributed by atoms with Crippen LogP contribution in [0.15, 0.2) is 194 Å². The van der Waals surface area contributed by atoms with Crippen molar-refractivity contribution in [3.8, 4) is 40.1 Å². The molecule has 57 heavy (non-hydrogen) atoms. The summed E-state index contributed by atoms with van der Waals surface area (Å²) in [5.41, 5.74) is 4.30. The Morgan fingerprint density at radius 3 is 1.54 bits per heavy atom. The van der Waals surface area contributed by atoms with Crippen molar-refractivity contribution in [1.29, 1.82) is 0 Å². The molecule has 0 saturated heterocycles. The second kappa shape index (κ2) is 12.3. The summed E-state index contributed by atoms with van der Waals surface area (Å²) in [7, 11) is 0. The maximum Gasteiger partial charge on any atom is 0.238 e. The van der Waals surface area contributed by atoms with Crippen LogP contribution < -0.4 is 0 Å². The monoisotopic (exact) mass is 738 g/mol. The molecule has 0 aliphatic heterocycles.